The first-order valence-corrected chi connectivity index (χ1v) is 47.8. The van der Waals surface area contributed by atoms with Crippen molar-refractivity contribution in [2.45, 2.75) is 110 Å². The third-order valence-electron chi connectivity index (χ3n) is 25.6. The smallest absolute Gasteiger partial charge is 0.312 e. The number of aromatic nitrogens is 12. The molecule has 147 heavy (non-hydrogen) atoms. The number of likely N-dealkylation sites (tertiary alicyclic amines) is 4. The summed E-state index contributed by atoms with van der Waals surface area (Å²) in [5.74, 6) is 6.78. The molecule has 0 radical (unpaired) electrons. The molecule has 30 nitrogen and oxygen atoms in total. The molecule has 0 aliphatic carbocycles. The van der Waals surface area contributed by atoms with Crippen LogP contribution in [0, 0.1) is 51.9 Å². The number of nitrogens with two attached hydrogens (primary N) is 1. The van der Waals surface area contributed by atoms with Crippen molar-refractivity contribution < 1.29 is 74.6 Å². The van der Waals surface area contributed by atoms with Gasteiger partial charge in [0, 0.05) is 98.0 Å². The maximum absolute atomic E-state index is 14.6. The lowest BCUT2D eigenvalue weighted by Gasteiger charge is -2.24. The molecule has 4 atom stereocenters. The second-order valence-electron chi connectivity index (χ2n) is 36.1. The Morgan fingerprint density at radius 3 is 1.01 bits per heavy atom. The molecule has 744 valence electrons. The number of halogens is 4. The Balaban J connectivity index is 0.000000129. The monoisotopic (exact) mass is 1980 g/mol. The summed E-state index contributed by atoms with van der Waals surface area (Å²) in [7, 11) is 5.64. The van der Waals surface area contributed by atoms with Gasteiger partial charge in [0.15, 0.2) is 46.0 Å². The predicted molar refractivity (Wildman–Crippen MR) is 541 cm³/mol. The first-order valence-electron chi connectivity index (χ1n) is 47.8. The van der Waals surface area contributed by atoms with E-state index in [1.165, 1.54) is 69.2 Å². The van der Waals surface area contributed by atoms with Crippen LogP contribution >= 0.6 is 0 Å². The Hall–Kier alpha value is -17.8. The number of fused-ring (bicyclic) bond motifs is 4. The first-order chi connectivity index (χ1) is 71.5. The second-order valence-corrected chi connectivity index (χ2v) is 36.1. The fourth-order valence-corrected chi connectivity index (χ4v) is 18.8. The van der Waals surface area contributed by atoms with Crippen LogP contribution in [-0.4, -0.2) is 155 Å². The number of hydrogen-bond acceptors (Lipinski definition) is 22. The number of carbonyl (C=O) groups is 4. The molecule has 4 saturated heterocycles. The van der Waals surface area contributed by atoms with Crippen LogP contribution in [0.15, 0.2) is 286 Å². The average Bonchev–Trinajstić information content (AvgIpc) is 1.63. The van der Waals surface area contributed by atoms with Crippen molar-refractivity contribution >= 4 is 45.7 Å². The predicted octanol–water partition coefficient (Wildman–Crippen LogP) is 21.7. The molecule has 34 heteroatoms. The topological polar surface area (TPSA) is 326 Å². The summed E-state index contributed by atoms with van der Waals surface area (Å²) < 4.78 is 109. The molecule has 4 fully saturated rings. The minimum atomic E-state index is -0.984. The van der Waals surface area contributed by atoms with Gasteiger partial charge in [-0.25, -0.2) is 19.9 Å². The third-order valence-corrected chi connectivity index (χ3v) is 25.6. The van der Waals surface area contributed by atoms with Crippen LogP contribution in [0.1, 0.15) is 132 Å². The molecule has 9 aromatic carbocycles. The highest BCUT2D eigenvalue weighted by atomic mass is 19.1. The number of allylic oxidation sites excluding steroid dienone is 1. The van der Waals surface area contributed by atoms with Gasteiger partial charge >= 0.3 is 11.8 Å². The number of rotatable bonds is 23. The van der Waals surface area contributed by atoms with Crippen LogP contribution in [0.3, 0.4) is 0 Å². The minimum absolute atomic E-state index is 0.0523. The Labute approximate surface area is 843 Å². The van der Waals surface area contributed by atoms with Crippen LogP contribution < -0.4 is 43.6 Å². The molecule has 0 spiro atoms. The maximum Gasteiger partial charge on any atom is 0.312 e. The first kappa shape index (κ1) is 99.4. The van der Waals surface area contributed by atoms with E-state index in [-0.39, 0.29) is 93.0 Å². The molecule has 4 aliphatic heterocycles. The molecule has 12 heterocycles. The zero-order valence-electron chi connectivity index (χ0n) is 81.7. The van der Waals surface area contributed by atoms with E-state index in [0.29, 0.717) is 72.1 Å². The lowest BCUT2D eigenvalue weighted by atomic mass is 9.93. The lowest BCUT2D eigenvalue weighted by molar-refractivity contribution is -0.144. The van der Waals surface area contributed by atoms with E-state index < -0.39 is 35.1 Å². The number of methoxy groups -OCH3 is 4. The normalized spacial score (nSPS) is 15.5. The zero-order chi connectivity index (χ0) is 103. The largest absolute Gasteiger partial charge is 0.494 e. The molecule has 21 rings (SSSR count). The Bertz CT molecular complexity index is 7860. The van der Waals surface area contributed by atoms with Gasteiger partial charge in [0.25, 0.3) is 11.8 Å². The van der Waals surface area contributed by atoms with E-state index in [0.717, 1.165) is 125 Å². The van der Waals surface area contributed by atoms with E-state index in [1.54, 1.807) is 151 Å². The van der Waals surface area contributed by atoms with Crippen LogP contribution in [0.2, 0.25) is 0 Å². The van der Waals surface area contributed by atoms with E-state index >= 15 is 0 Å². The van der Waals surface area contributed by atoms with Crippen molar-refractivity contribution in [2.24, 2.45) is 11.1 Å². The SMILES string of the molecule is CC#CC(=O)N1CCC[C@H]1c1nc(-c2ccc(Oc3cccc(OC)c3F)cc2)c2cnccn12.COc1cccc(Oc2ccc(-c3nc([C@@H]4CCCN4C(=O)/C(C#N)=C/C(C)(C)C)n4ccncc34)cc2)c1F.COc1cccc(Oc2ccc(-c3nc([C@@H]4CCCN4C(=O)C(N)=O)n4ccncc34)cc2)c1F.COc1cccc(Oc2ccc(-c3nc([C@@H]4CCCN4Cc4ccccc4)n4ccncc34)cc2)c1F. The summed E-state index contributed by atoms with van der Waals surface area (Å²) in [5.41, 5.74) is 16.1. The molecule has 8 aromatic heterocycles. The fraction of sp³-hybridized carbons (Fsp3) is 0.230. The number of amides is 4. The van der Waals surface area contributed by atoms with Crippen LogP contribution in [0.4, 0.5) is 17.6 Å². The molecule has 0 unspecified atom stereocenters. The maximum atomic E-state index is 14.6. The Morgan fingerprint density at radius 2 is 0.694 bits per heavy atom. The molecule has 2 N–H and O–H groups in total. The second kappa shape index (κ2) is 44.4. The summed E-state index contributed by atoms with van der Waals surface area (Å²) in [5, 5.41) is 9.73. The summed E-state index contributed by atoms with van der Waals surface area (Å²) in [6.07, 6.45) is 29.9. The van der Waals surface area contributed by atoms with Gasteiger partial charge in [0.05, 0.1) is 122 Å². The molecule has 0 saturated carbocycles. The summed E-state index contributed by atoms with van der Waals surface area (Å²) in [6, 6.07) is 60.1. The van der Waals surface area contributed by atoms with Crippen molar-refractivity contribution in [2.75, 3.05) is 54.6 Å². The minimum Gasteiger partial charge on any atom is -0.494 e. The van der Waals surface area contributed by atoms with Gasteiger partial charge in [-0.15, -0.1) is 0 Å². The van der Waals surface area contributed by atoms with E-state index in [1.807, 2.05) is 119 Å². The van der Waals surface area contributed by atoms with Gasteiger partial charge in [0.2, 0.25) is 23.3 Å². The zero-order valence-corrected chi connectivity index (χ0v) is 81.7. The number of nitrogens with zero attached hydrogens (tertiary/aromatic N) is 17. The summed E-state index contributed by atoms with van der Waals surface area (Å²) in [4.78, 5) is 94.5. The number of benzene rings is 9. The van der Waals surface area contributed by atoms with Gasteiger partial charge in [-0.1, -0.05) is 87.4 Å². The molecular formula is C113H102F4N18O12. The molecular weight excluding hydrogens is 1880 g/mol. The standard InChI is InChI=1S/C31H30FN5O3.C30H27FN4O2.C27H23FN4O3.C25H22FN5O4/c1-31(2,3)17-21(18-33)30(38)37-15-6-7-23(37)29-35-28(24-19-34-14-16-36(24)29)20-10-12-22(13-11-20)40-26-9-5-8-25(39-4)27(26)32;1-36-26-10-5-11-27(28(26)31)37-23-14-12-22(13-15-23)29-25-19-32-16-18-35(25)30(33-29)24-9-6-17-34(24)20-21-7-3-2-4-8-21;1-3-6-24(33)31-15-5-7-20(31)27-30-26(21-17-29-14-16-32(21)27)18-10-12-19(13-11-18)35-23-9-4-8-22(34-2)25(23)28;1-34-19-5-2-6-20(21(19)26)35-16-9-7-15(8-10-16)22-18-14-28-11-13-30(18)24(29-22)17-4-3-12-31(17)25(33)23(27)32/h5,8-14,16-17,19,23H,6-7,15H2,1-4H3;2-5,7-8,10-16,18-19,24H,6,9,17,20H2,1H3;4,8-14,16-17,20H,5,7,15H2,1-2H3;2,5-11,13-14,17H,3-4,12H2,1H3,(H2,27,32)/b21-17+;;;/t23-;24-;20-;17-/m0000/s1. The van der Waals surface area contributed by atoms with Crippen LogP contribution in [-0.2, 0) is 25.7 Å². The highest BCUT2D eigenvalue weighted by Gasteiger charge is 2.40. The van der Waals surface area contributed by atoms with Gasteiger partial charge < -0.3 is 58.3 Å². The lowest BCUT2D eigenvalue weighted by Crippen LogP contribution is -2.40. The van der Waals surface area contributed by atoms with Crippen molar-refractivity contribution in [3.05, 3.63) is 338 Å². The Morgan fingerprint density at radius 1 is 0.395 bits per heavy atom. The summed E-state index contributed by atoms with van der Waals surface area (Å²) >= 11 is 0. The average molecular weight is 1980 g/mol. The van der Waals surface area contributed by atoms with Gasteiger partial charge in [-0.05, 0) is 227 Å². The molecule has 4 aliphatic rings. The van der Waals surface area contributed by atoms with Gasteiger partial charge in [0.1, 0.15) is 57.9 Å². The highest BCUT2D eigenvalue weighted by molar-refractivity contribution is 6.34. The van der Waals surface area contributed by atoms with Gasteiger partial charge in [-0.2, -0.15) is 22.8 Å². The Kier molecular flexibility index (Phi) is 30.0. The van der Waals surface area contributed by atoms with E-state index in [2.05, 4.69) is 77.5 Å². The van der Waals surface area contributed by atoms with Crippen LogP contribution in [0.5, 0.6) is 69.0 Å². The fourth-order valence-electron chi connectivity index (χ4n) is 18.8. The van der Waals surface area contributed by atoms with Crippen molar-refractivity contribution in [1.82, 2.24) is 77.1 Å². The number of imidazole rings is 4. The number of primary amides is 1. The van der Waals surface area contributed by atoms with Crippen molar-refractivity contribution in [3.8, 4) is 132 Å². The number of nitriles is 1. The van der Waals surface area contributed by atoms with Crippen LogP contribution in [0.25, 0.3) is 67.1 Å². The molecule has 17 aromatic rings. The quantitative estimate of drug-likeness (QED) is 0.0204. The summed E-state index contributed by atoms with van der Waals surface area (Å²) in [6.45, 7) is 11.1. The third kappa shape index (κ3) is 21.5. The van der Waals surface area contributed by atoms with E-state index in [4.69, 9.17) is 63.6 Å². The van der Waals surface area contributed by atoms with E-state index in [9.17, 15) is 42.0 Å². The number of carbonyl (C=O) groups excluding carboxylic acids is 4. The number of ether oxygens (including phenoxy) is 8. The van der Waals surface area contributed by atoms with Crippen molar-refractivity contribution in [3.63, 3.8) is 0 Å². The van der Waals surface area contributed by atoms with Crippen molar-refractivity contribution in [1.29, 1.82) is 5.26 Å². The van der Waals surface area contributed by atoms with Gasteiger partial charge in [-0.3, -0.25) is 61.6 Å². The highest BCUT2D eigenvalue weighted by Crippen LogP contribution is 2.45. The molecule has 0 bridgehead atoms. The number of hydrogen-bond donors (Lipinski definition) is 1. The molecule has 4 amide bonds.